The molecule has 0 fully saturated rings. The first-order valence-electron chi connectivity index (χ1n) is 4.90. The lowest BCUT2D eigenvalue weighted by Gasteiger charge is -2.14. The summed E-state index contributed by atoms with van der Waals surface area (Å²) in [7, 11) is 1.90. The molecular formula is C9H17ClN4. The molecule has 1 N–H and O–H groups in total. The van der Waals surface area contributed by atoms with Crippen molar-refractivity contribution in [2.75, 3.05) is 5.88 Å². The highest BCUT2D eigenvalue weighted by molar-refractivity contribution is 6.17. The SMILES string of the molecule is CCC(CCCl)NCc1ncnn1C. The van der Waals surface area contributed by atoms with E-state index in [1.165, 1.54) is 0 Å². The van der Waals surface area contributed by atoms with Gasteiger partial charge in [0.15, 0.2) is 0 Å². The van der Waals surface area contributed by atoms with Gasteiger partial charge in [-0.2, -0.15) is 5.10 Å². The lowest BCUT2D eigenvalue weighted by atomic mass is 10.2. The van der Waals surface area contributed by atoms with E-state index in [4.69, 9.17) is 11.6 Å². The molecule has 1 aromatic heterocycles. The van der Waals surface area contributed by atoms with Gasteiger partial charge in [0.05, 0.1) is 6.54 Å². The van der Waals surface area contributed by atoms with Crippen molar-refractivity contribution in [3.8, 4) is 0 Å². The van der Waals surface area contributed by atoms with Crippen molar-refractivity contribution in [1.82, 2.24) is 20.1 Å². The Balaban J connectivity index is 2.35. The topological polar surface area (TPSA) is 42.7 Å². The van der Waals surface area contributed by atoms with Gasteiger partial charge in [0.25, 0.3) is 0 Å². The average molecular weight is 217 g/mol. The molecule has 4 nitrogen and oxygen atoms in total. The van der Waals surface area contributed by atoms with Gasteiger partial charge in [-0.1, -0.05) is 6.92 Å². The van der Waals surface area contributed by atoms with Crippen LogP contribution in [0.5, 0.6) is 0 Å². The number of rotatable bonds is 6. The molecule has 0 aromatic carbocycles. The number of aryl methyl sites for hydroxylation is 1. The summed E-state index contributed by atoms with van der Waals surface area (Å²) in [5.41, 5.74) is 0. The maximum atomic E-state index is 5.69. The Labute approximate surface area is 89.7 Å². The summed E-state index contributed by atoms with van der Waals surface area (Å²) in [6.07, 6.45) is 3.65. The minimum absolute atomic E-state index is 0.476. The van der Waals surface area contributed by atoms with E-state index >= 15 is 0 Å². The van der Waals surface area contributed by atoms with Crippen LogP contribution in [0.25, 0.3) is 0 Å². The second kappa shape index (κ2) is 5.98. The highest BCUT2D eigenvalue weighted by Crippen LogP contribution is 2.00. The van der Waals surface area contributed by atoms with Gasteiger partial charge < -0.3 is 5.32 Å². The fourth-order valence-electron chi connectivity index (χ4n) is 1.30. The molecule has 0 aliphatic heterocycles. The lowest BCUT2D eigenvalue weighted by Crippen LogP contribution is -2.29. The summed E-state index contributed by atoms with van der Waals surface area (Å²) in [6.45, 7) is 2.91. The van der Waals surface area contributed by atoms with Gasteiger partial charge in [0.2, 0.25) is 0 Å². The Morgan fingerprint density at radius 2 is 2.43 bits per heavy atom. The first kappa shape index (κ1) is 11.5. The van der Waals surface area contributed by atoms with Gasteiger partial charge in [-0.15, -0.1) is 11.6 Å². The van der Waals surface area contributed by atoms with Crippen LogP contribution in [0.4, 0.5) is 0 Å². The molecule has 0 amide bonds. The summed E-state index contributed by atoms with van der Waals surface area (Å²) in [4.78, 5) is 4.14. The third-order valence-electron chi connectivity index (χ3n) is 2.30. The molecule has 1 atom stereocenters. The number of nitrogens with zero attached hydrogens (tertiary/aromatic N) is 3. The summed E-state index contributed by atoms with van der Waals surface area (Å²) in [5, 5.41) is 7.41. The van der Waals surface area contributed by atoms with Crippen LogP contribution in [-0.4, -0.2) is 26.7 Å². The molecule has 0 saturated carbocycles. The molecule has 1 rings (SSSR count). The van der Waals surface area contributed by atoms with E-state index in [1.807, 2.05) is 7.05 Å². The Morgan fingerprint density at radius 3 is 2.93 bits per heavy atom. The molecule has 80 valence electrons. The second-order valence-corrected chi connectivity index (χ2v) is 3.64. The minimum atomic E-state index is 0.476. The summed E-state index contributed by atoms with van der Waals surface area (Å²) in [5.74, 6) is 1.66. The van der Waals surface area contributed by atoms with E-state index < -0.39 is 0 Å². The molecular weight excluding hydrogens is 200 g/mol. The third-order valence-corrected chi connectivity index (χ3v) is 2.52. The molecule has 0 aliphatic carbocycles. The van der Waals surface area contributed by atoms with Crippen LogP contribution in [0.3, 0.4) is 0 Å². The zero-order valence-electron chi connectivity index (χ0n) is 8.70. The van der Waals surface area contributed by atoms with Gasteiger partial charge in [0, 0.05) is 19.0 Å². The lowest BCUT2D eigenvalue weighted by molar-refractivity contribution is 0.470. The molecule has 14 heavy (non-hydrogen) atoms. The van der Waals surface area contributed by atoms with Gasteiger partial charge in [-0.25, -0.2) is 4.98 Å². The van der Waals surface area contributed by atoms with E-state index in [0.29, 0.717) is 11.9 Å². The third kappa shape index (κ3) is 3.27. The van der Waals surface area contributed by atoms with Crippen molar-refractivity contribution in [1.29, 1.82) is 0 Å². The van der Waals surface area contributed by atoms with Crippen molar-refractivity contribution in [2.24, 2.45) is 7.05 Å². The van der Waals surface area contributed by atoms with E-state index in [0.717, 1.165) is 25.2 Å². The summed E-state index contributed by atoms with van der Waals surface area (Å²) < 4.78 is 1.78. The average Bonchev–Trinajstić information content (AvgIpc) is 2.59. The van der Waals surface area contributed by atoms with Crippen LogP contribution < -0.4 is 5.32 Å². The molecule has 1 heterocycles. The zero-order chi connectivity index (χ0) is 10.4. The van der Waals surface area contributed by atoms with Crippen LogP contribution >= 0.6 is 11.6 Å². The molecule has 5 heteroatoms. The fourth-order valence-corrected chi connectivity index (χ4v) is 1.56. The Morgan fingerprint density at radius 1 is 1.64 bits per heavy atom. The highest BCUT2D eigenvalue weighted by atomic mass is 35.5. The fraction of sp³-hybridized carbons (Fsp3) is 0.778. The van der Waals surface area contributed by atoms with Crippen LogP contribution in [0.1, 0.15) is 25.6 Å². The van der Waals surface area contributed by atoms with Crippen LogP contribution in [0.15, 0.2) is 6.33 Å². The first-order valence-corrected chi connectivity index (χ1v) is 5.43. The van der Waals surface area contributed by atoms with E-state index in [9.17, 15) is 0 Å². The van der Waals surface area contributed by atoms with Crippen LogP contribution in [-0.2, 0) is 13.6 Å². The van der Waals surface area contributed by atoms with Crippen molar-refractivity contribution in [2.45, 2.75) is 32.4 Å². The van der Waals surface area contributed by atoms with E-state index in [1.54, 1.807) is 11.0 Å². The van der Waals surface area contributed by atoms with Gasteiger partial charge >= 0.3 is 0 Å². The first-order chi connectivity index (χ1) is 6.77. The number of nitrogens with one attached hydrogen (secondary N) is 1. The smallest absolute Gasteiger partial charge is 0.140 e. The quantitative estimate of drug-likeness (QED) is 0.730. The molecule has 0 bridgehead atoms. The number of aromatic nitrogens is 3. The van der Waals surface area contributed by atoms with Gasteiger partial charge in [-0.05, 0) is 12.8 Å². The highest BCUT2D eigenvalue weighted by Gasteiger charge is 2.06. The Bertz CT molecular complexity index is 261. The number of alkyl halides is 1. The molecule has 0 spiro atoms. The standard InChI is InChI=1S/C9H17ClN4/c1-3-8(4-5-10)11-6-9-12-7-13-14(9)2/h7-8,11H,3-6H2,1-2H3. The van der Waals surface area contributed by atoms with Gasteiger partial charge in [-0.3, -0.25) is 4.68 Å². The van der Waals surface area contributed by atoms with Crippen LogP contribution in [0.2, 0.25) is 0 Å². The van der Waals surface area contributed by atoms with Crippen LogP contribution in [0, 0.1) is 0 Å². The van der Waals surface area contributed by atoms with Crippen molar-refractivity contribution in [3.63, 3.8) is 0 Å². The molecule has 0 radical (unpaired) electrons. The van der Waals surface area contributed by atoms with Crippen molar-refractivity contribution < 1.29 is 0 Å². The largest absolute Gasteiger partial charge is 0.307 e. The van der Waals surface area contributed by atoms with E-state index in [-0.39, 0.29) is 0 Å². The minimum Gasteiger partial charge on any atom is -0.307 e. The molecule has 0 aliphatic rings. The predicted octanol–water partition coefficient (Wildman–Crippen LogP) is 1.31. The second-order valence-electron chi connectivity index (χ2n) is 3.26. The zero-order valence-corrected chi connectivity index (χ0v) is 9.46. The molecule has 0 saturated heterocycles. The van der Waals surface area contributed by atoms with E-state index in [2.05, 4.69) is 22.3 Å². The molecule has 1 unspecified atom stereocenters. The predicted molar refractivity (Wildman–Crippen MR) is 57.3 cm³/mol. The van der Waals surface area contributed by atoms with Gasteiger partial charge in [0.1, 0.15) is 12.2 Å². The monoisotopic (exact) mass is 216 g/mol. The Hall–Kier alpha value is -0.610. The normalized spacial score (nSPS) is 13.1. The number of hydrogen-bond acceptors (Lipinski definition) is 3. The number of halogens is 1. The maximum absolute atomic E-state index is 5.69. The maximum Gasteiger partial charge on any atom is 0.140 e. The van der Waals surface area contributed by atoms with Crippen molar-refractivity contribution >= 4 is 11.6 Å². The molecule has 1 aromatic rings. The Kier molecular flexibility index (Phi) is 4.90. The number of hydrogen-bond donors (Lipinski definition) is 1. The summed E-state index contributed by atoms with van der Waals surface area (Å²) in [6, 6.07) is 0.476. The van der Waals surface area contributed by atoms with Crippen molar-refractivity contribution in [3.05, 3.63) is 12.2 Å². The summed E-state index contributed by atoms with van der Waals surface area (Å²) >= 11 is 5.69.